The number of para-hydroxylation sites is 2. The first-order valence-corrected chi connectivity index (χ1v) is 7.88. The van der Waals surface area contributed by atoms with Crippen molar-refractivity contribution in [2.24, 2.45) is 0 Å². The molecule has 24 heavy (non-hydrogen) atoms. The zero-order valence-electron chi connectivity index (χ0n) is 13.8. The zero-order chi connectivity index (χ0) is 17.1. The van der Waals surface area contributed by atoms with Crippen molar-refractivity contribution in [1.29, 1.82) is 0 Å². The molecule has 0 spiro atoms. The van der Waals surface area contributed by atoms with E-state index >= 15 is 0 Å². The van der Waals surface area contributed by atoms with Crippen molar-refractivity contribution in [2.75, 3.05) is 6.61 Å². The highest BCUT2D eigenvalue weighted by Crippen LogP contribution is 2.17. The highest BCUT2D eigenvalue weighted by atomic mass is 16.5. The molecule has 0 radical (unpaired) electrons. The lowest BCUT2D eigenvalue weighted by molar-refractivity contribution is 0.0928. The van der Waals surface area contributed by atoms with Gasteiger partial charge >= 0.3 is 0 Å². The Morgan fingerprint density at radius 3 is 2.62 bits per heavy atom. The molecule has 0 fully saturated rings. The van der Waals surface area contributed by atoms with E-state index in [1.54, 1.807) is 24.3 Å². The SMILES string of the molecule is CC(=O)c1ccc(OC[C@@H](O)Cn2c(C)nc3ccccc32)cc1. The number of ether oxygens (including phenoxy) is 1. The highest BCUT2D eigenvalue weighted by Gasteiger charge is 2.12. The van der Waals surface area contributed by atoms with Crippen LogP contribution in [0.3, 0.4) is 0 Å². The molecule has 2 aromatic carbocycles. The number of fused-ring (bicyclic) bond motifs is 1. The van der Waals surface area contributed by atoms with Gasteiger partial charge < -0.3 is 14.4 Å². The van der Waals surface area contributed by atoms with Gasteiger partial charge in [0, 0.05) is 5.56 Å². The van der Waals surface area contributed by atoms with Gasteiger partial charge in [-0.25, -0.2) is 4.98 Å². The first-order valence-electron chi connectivity index (χ1n) is 7.88. The minimum atomic E-state index is -0.659. The van der Waals surface area contributed by atoms with Gasteiger partial charge in [0.2, 0.25) is 0 Å². The summed E-state index contributed by atoms with van der Waals surface area (Å²) in [4.78, 5) is 15.7. The summed E-state index contributed by atoms with van der Waals surface area (Å²) in [6, 6.07) is 14.8. The number of hydrogen-bond donors (Lipinski definition) is 1. The van der Waals surface area contributed by atoms with Gasteiger partial charge in [0.05, 0.1) is 17.6 Å². The molecular weight excluding hydrogens is 304 g/mol. The van der Waals surface area contributed by atoms with Gasteiger partial charge in [-0.3, -0.25) is 4.79 Å². The summed E-state index contributed by atoms with van der Waals surface area (Å²) in [6.07, 6.45) is -0.659. The largest absolute Gasteiger partial charge is 0.491 e. The van der Waals surface area contributed by atoms with Gasteiger partial charge in [0.15, 0.2) is 5.78 Å². The average molecular weight is 324 g/mol. The molecule has 0 aliphatic rings. The molecule has 1 atom stereocenters. The van der Waals surface area contributed by atoms with Gasteiger partial charge in [-0.15, -0.1) is 0 Å². The van der Waals surface area contributed by atoms with Crippen LogP contribution < -0.4 is 4.74 Å². The van der Waals surface area contributed by atoms with E-state index in [2.05, 4.69) is 4.98 Å². The van der Waals surface area contributed by atoms with Crippen molar-refractivity contribution < 1.29 is 14.6 Å². The lowest BCUT2D eigenvalue weighted by atomic mass is 10.1. The van der Waals surface area contributed by atoms with Crippen molar-refractivity contribution in [2.45, 2.75) is 26.5 Å². The lowest BCUT2D eigenvalue weighted by Crippen LogP contribution is -2.24. The molecule has 0 saturated heterocycles. The number of carbonyl (C=O) groups excluding carboxylic acids is 1. The van der Waals surface area contributed by atoms with Crippen LogP contribution in [0.5, 0.6) is 5.75 Å². The molecule has 0 bridgehead atoms. The van der Waals surface area contributed by atoms with Crippen molar-refractivity contribution in [3.8, 4) is 5.75 Å². The Hall–Kier alpha value is -2.66. The maximum atomic E-state index is 11.2. The van der Waals surface area contributed by atoms with Crippen LogP contribution in [0, 0.1) is 6.92 Å². The minimum Gasteiger partial charge on any atom is -0.491 e. The fourth-order valence-electron chi connectivity index (χ4n) is 2.67. The summed E-state index contributed by atoms with van der Waals surface area (Å²) in [6.45, 7) is 4.04. The second-order valence-corrected chi connectivity index (χ2v) is 5.80. The number of aryl methyl sites for hydroxylation is 1. The third-order valence-corrected chi connectivity index (χ3v) is 3.94. The summed E-state index contributed by atoms with van der Waals surface area (Å²) >= 11 is 0. The summed E-state index contributed by atoms with van der Waals surface area (Å²) < 4.78 is 7.60. The highest BCUT2D eigenvalue weighted by molar-refractivity contribution is 5.94. The molecule has 3 rings (SSSR count). The van der Waals surface area contributed by atoms with Gasteiger partial charge in [-0.2, -0.15) is 0 Å². The molecule has 1 N–H and O–H groups in total. The fourth-order valence-corrected chi connectivity index (χ4v) is 2.67. The summed E-state index contributed by atoms with van der Waals surface area (Å²) in [5.74, 6) is 1.51. The van der Waals surface area contributed by atoms with Crippen LogP contribution in [0.2, 0.25) is 0 Å². The number of imidazole rings is 1. The summed E-state index contributed by atoms with van der Waals surface area (Å²) in [5.41, 5.74) is 2.56. The molecule has 0 aliphatic heterocycles. The number of aliphatic hydroxyl groups is 1. The second-order valence-electron chi connectivity index (χ2n) is 5.80. The third-order valence-electron chi connectivity index (χ3n) is 3.94. The van der Waals surface area contributed by atoms with Gasteiger partial charge in [-0.05, 0) is 50.2 Å². The molecule has 0 aliphatic carbocycles. The van der Waals surface area contributed by atoms with Crippen molar-refractivity contribution in [1.82, 2.24) is 9.55 Å². The quantitative estimate of drug-likeness (QED) is 0.708. The number of Topliss-reactive ketones (excluding diaryl/α,β-unsaturated/α-hetero) is 1. The molecule has 5 heteroatoms. The molecule has 124 valence electrons. The molecule has 3 aromatic rings. The number of benzene rings is 2. The fraction of sp³-hybridized carbons (Fsp3) is 0.263. The third kappa shape index (κ3) is 3.46. The molecule has 1 aromatic heterocycles. The van der Waals surface area contributed by atoms with Crippen molar-refractivity contribution in [3.63, 3.8) is 0 Å². The van der Waals surface area contributed by atoms with Crippen LogP contribution in [0.4, 0.5) is 0 Å². The minimum absolute atomic E-state index is 0.0176. The topological polar surface area (TPSA) is 64.3 Å². The van der Waals surface area contributed by atoms with E-state index in [1.165, 1.54) is 6.92 Å². The number of ketones is 1. The standard InChI is InChI=1S/C19H20N2O3/c1-13(22)15-7-9-17(10-8-15)24-12-16(23)11-21-14(2)20-18-5-3-4-6-19(18)21/h3-10,16,23H,11-12H2,1-2H3/t16-/m0/s1. The van der Waals surface area contributed by atoms with Crippen LogP contribution in [-0.4, -0.2) is 33.2 Å². The molecule has 0 amide bonds. The van der Waals surface area contributed by atoms with E-state index in [0.717, 1.165) is 16.9 Å². The second kappa shape index (κ2) is 6.84. The Morgan fingerprint density at radius 1 is 1.21 bits per heavy atom. The predicted molar refractivity (Wildman–Crippen MR) is 92.4 cm³/mol. The smallest absolute Gasteiger partial charge is 0.159 e. The Morgan fingerprint density at radius 2 is 1.92 bits per heavy atom. The number of aromatic nitrogens is 2. The molecule has 5 nitrogen and oxygen atoms in total. The number of hydrogen-bond acceptors (Lipinski definition) is 4. The number of rotatable bonds is 6. The van der Waals surface area contributed by atoms with Crippen LogP contribution in [0.1, 0.15) is 23.1 Å². The predicted octanol–water partition coefficient (Wildman–Crippen LogP) is 2.99. The van der Waals surface area contributed by atoms with Crippen molar-refractivity contribution >= 4 is 16.8 Å². The summed E-state index contributed by atoms with van der Waals surface area (Å²) in [7, 11) is 0. The van der Waals surface area contributed by atoms with E-state index in [4.69, 9.17) is 4.74 Å². The maximum Gasteiger partial charge on any atom is 0.159 e. The van der Waals surface area contributed by atoms with E-state index < -0.39 is 6.10 Å². The molecule has 1 heterocycles. The van der Waals surface area contributed by atoms with Crippen molar-refractivity contribution in [3.05, 3.63) is 59.9 Å². The normalized spacial score (nSPS) is 12.3. The van der Waals surface area contributed by atoms with E-state index in [0.29, 0.717) is 17.9 Å². The van der Waals surface area contributed by atoms with Crippen LogP contribution in [0.25, 0.3) is 11.0 Å². The lowest BCUT2D eigenvalue weighted by Gasteiger charge is -2.15. The van der Waals surface area contributed by atoms with E-state index in [1.807, 2.05) is 35.8 Å². The number of aliphatic hydroxyl groups excluding tert-OH is 1. The Kier molecular flexibility index (Phi) is 4.62. The number of carbonyl (C=O) groups is 1. The maximum absolute atomic E-state index is 11.2. The first-order chi connectivity index (χ1) is 11.5. The zero-order valence-corrected chi connectivity index (χ0v) is 13.8. The van der Waals surface area contributed by atoms with Gasteiger partial charge in [0.25, 0.3) is 0 Å². The Bertz CT molecular complexity index is 853. The van der Waals surface area contributed by atoms with E-state index in [9.17, 15) is 9.90 Å². The molecular formula is C19H20N2O3. The average Bonchev–Trinajstić information content (AvgIpc) is 2.89. The Balaban J connectivity index is 1.64. The molecule has 0 unspecified atom stereocenters. The first kappa shape index (κ1) is 16.2. The monoisotopic (exact) mass is 324 g/mol. The summed E-state index contributed by atoms with van der Waals surface area (Å²) in [5, 5.41) is 10.3. The van der Waals surface area contributed by atoms with Crippen LogP contribution in [-0.2, 0) is 6.54 Å². The number of nitrogens with zero attached hydrogens (tertiary/aromatic N) is 2. The molecule has 0 saturated carbocycles. The van der Waals surface area contributed by atoms with E-state index in [-0.39, 0.29) is 12.4 Å². The van der Waals surface area contributed by atoms with Gasteiger partial charge in [-0.1, -0.05) is 12.1 Å². The van der Waals surface area contributed by atoms with Gasteiger partial charge in [0.1, 0.15) is 24.3 Å². The van der Waals surface area contributed by atoms with Crippen LogP contribution >= 0.6 is 0 Å². The Labute approximate surface area is 140 Å². The van der Waals surface area contributed by atoms with Crippen LogP contribution in [0.15, 0.2) is 48.5 Å².